The van der Waals surface area contributed by atoms with Gasteiger partial charge in [-0.25, -0.2) is 0 Å². The minimum Gasteiger partial charge on any atom is -0.511 e. The molecule has 3 aliphatic rings. The Hall–Kier alpha value is -2.59. The van der Waals surface area contributed by atoms with Crippen molar-refractivity contribution < 1.29 is 9.90 Å². The first-order valence-electron chi connectivity index (χ1n) is 12.0. The molecule has 2 bridgehead atoms. The summed E-state index contributed by atoms with van der Waals surface area (Å²) < 4.78 is 0. The van der Waals surface area contributed by atoms with Gasteiger partial charge in [-0.3, -0.25) is 4.79 Å². The number of nitrogens with two attached hydrogens (primary N) is 2. The molecule has 1 unspecified atom stereocenters. The molecule has 0 spiro atoms. The number of carbonyl (C=O) groups is 1. The summed E-state index contributed by atoms with van der Waals surface area (Å²) in [6.07, 6.45) is 2.94. The number of aliphatic hydroxyl groups is 1. The molecule has 3 aliphatic carbocycles. The molecule has 1 aromatic carbocycles. The first-order chi connectivity index (χ1) is 15.3. The number of aliphatic hydroxyl groups excluding tert-OH is 1. The van der Waals surface area contributed by atoms with Crippen molar-refractivity contribution in [1.82, 2.24) is 0 Å². The third kappa shape index (κ3) is 3.18. The van der Waals surface area contributed by atoms with E-state index in [1.54, 1.807) is 0 Å². The summed E-state index contributed by atoms with van der Waals surface area (Å²) in [4.78, 5) is 13.7. The van der Waals surface area contributed by atoms with E-state index in [9.17, 15) is 9.90 Å². The standard InChI is InChI=1S/C29H38N2O2/c1-9-20-10-14(2)21-11-28(8)13-29(31)12-22(16(4)25(28)17(5)23(21)15(20)3)27(33)24(19(7)30)26(32)18(29)6/h10,18,22,32H,5,7,9,11-13,30-31H2,1-4,6,8H3/t18?,22-,28-,29+/m0/s1. The Morgan fingerprint density at radius 1 is 1.30 bits per heavy atom. The molecule has 5 N–H and O–H groups in total. The Bertz CT molecular complexity index is 1180. The van der Waals surface area contributed by atoms with Gasteiger partial charge < -0.3 is 16.6 Å². The Balaban J connectivity index is 2.03. The predicted octanol–water partition coefficient (Wildman–Crippen LogP) is 5.37. The van der Waals surface area contributed by atoms with E-state index >= 15 is 0 Å². The molecule has 1 aromatic rings. The molecule has 33 heavy (non-hydrogen) atoms. The molecule has 4 atom stereocenters. The number of rotatable bonds is 2. The van der Waals surface area contributed by atoms with Gasteiger partial charge in [0, 0.05) is 23.1 Å². The first kappa shape index (κ1) is 23.6. The van der Waals surface area contributed by atoms with Crippen LogP contribution < -0.4 is 11.5 Å². The molecule has 0 aliphatic heterocycles. The molecule has 0 amide bonds. The van der Waals surface area contributed by atoms with E-state index in [0.717, 1.165) is 29.6 Å². The van der Waals surface area contributed by atoms with Crippen LogP contribution >= 0.6 is 0 Å². The molecular formula is C29H38N2O2. The zero-order valence-electron chi connectivity index (χ0n) is 21.0. The number of fused-ring (bicyclic) bond motifs is 4. The highest BCUT2D eigenvalue weighted by Crippen LogP contribution is 2.58. The maximum Gasteiger partial charge on any atom is 0.175 e. The summed E-state index contributed by atoms with van der Waals surface area (Å²) in [5.41, 5.74) is 22.0. The fourth-order valence-electron chi connectivity index (χ4n) is 7.11. The Morgan fingerprint density at radius 3 is 2.52 bits per heavy atom. The van der Waals surface area contributed by atoms with Gasteiger partial charge in [0.25, 0.3) is 0 Å². The van der Waals surface area contributed by atoms with Crippen LogP contribution in [0.1, 0.15) is 68.4 Å². The van der Waals surface area contributed by atoms with Crippen molar-refractivity contribution in [2.45, 2.75) is 72.8 Å². The second-order valence-electron chi connectivity index (χ2n) is 11.0. The number of carbonyl (C=O) groups excluding carboxylic acids is 1. The van der Waals surface area contributed by atoms with Crippen LogP contribution in [-0.2, 0) is 17.6 Å². The molecule has 4 nitrogen and oxygen atoms in total. The molecule has 0 aromatic heterocycles. The highest BCUT2D eigenvalue weighted by atomic mass is 16.3. The molecule has 0 saturated carbocycles. The van der Waals surface area contributed by atoms with Gasteiger partial charge in [-0.15, -0.1) is 0 Å². The fraction of sp³-hybridized carbons (Fsp3) is 0.483. The summed E-state index contributed by atoms with van der Waals surface area (Å²) in [6, 6.07) is 2.31. The van der Waals surface area contributed by atoms with E-state index in [4.69, 9.17) is 11.5 Å². The summed E-state index contributed by atoms with van der Waals surface area (Å²) in [6.45, 7) is 21.2. The van der Waals surface area contributed by atoms with Crippen molar-refractivity contribution in [1.29, 1.82) is 0 Å². The minimum atomic E-state index is -0.760. The molecule has 176 valence electrons. The Labute approximate surface area is 198 Å². The van der Waals surface area contributed by atoms with E-state index in [0.29, 0.717) is 12.8 Å². The largest absolute Gasteiger partial charge is 0.511 e. The Morgan fingerprint density at radius 2 is 1.94 bits per heavy atom. The molecule has 0 radical (unpaired) electrons. The monoisotopic (exact) mass is 446 g/mol. The van der Waals surface area contributed by atoms with Crippen LogP contribution in [-0.4, -0.2) is 16.4 Å². The normalized spacial score (nSPS) is 31.7. The van der Waals surface area contributed by atoms with Gasteiger partial charge in [-0.05, 0) is 90.8 Å². The highest BCUT2D eigenvalue weighted by molar-refractivity contribution is 6.04. The van der Waals surface area contributed by atoms with Gasteiger partial charge in [0.2, 0.25) is 0 Å². The van der Waals surface area contributed by atoms with Crippen LogP contribution in [0.5, 0.6) is 0 Å². The number of aryl methyl sites for hydroxylation is 2. The number of Topliss-reactive ketones (excluding diaryl/α,β-unsaturated/α-hetero) is 1. The van der Waals surface area contributed by atoms with Crippen molar-refractivity contribution in [2.24, 2.45) is 28.7 Å². The van der Waals surface area contributed by atoms with Crippen LogP contribution in [0.3, 0.4) is 0 Å². The van der Waals surface area contributed by atoms with Crippen molar-refractivity contribution in [3.63, 3.8) is 0 Å². The van der Waals surface area contributed by atoms with Gasteiger partial charge >= 0.3 is 0 Å². The summed E-state index contributed by atoms with van der Waals surface area (Å²) in [5, 5.41) is 11.1. The zero-order valence-corrected chi connectivity index (χ0v) is 21.0. The molecule has 4 rings (SSSR count). The number of allylic oxidation sites excluding steroid dienone is 4. The van der Waals surface area contributed by atoms with Crippen LogP contribution in [0.4, 0.5) is 0 Å². The van der Waals surface area contributed by atoms with E-state index in [-0.39, 0.29) is 28.2 Å². The molecule has 0 saturated heterocycles. The van der Waals surface area contributed by atoms with E-state index < -0.39 is 17.4 Å². The smallest absolute Gasteiger partial charge is 0.175 e. The fourth-order valence-corrected chi connectivity index (χ4v) is 7.11. The first-order valence-corrected chi connectivity index (χ1v) is 12.0. The van der Waals surface area contributed by atoms with Crippen LogP contribution in [0.15, 0.2) is 47.4 Å². The average molecular weight is 447 g/mol. The van der Waals surface area contributed by atoms with Crippen molar-refractivity contribution >= 4 is 11.4 Å². The van der Waals surface area contributed by atoms with Crippen molar-refractivity contribution in [2.75, 3.05) is 0 Å². The molecule has 0 fully saturated rings. The van der Waals surface area contributed by atoms with Crippen LogP contribution in [0.25, 0.3) is 5.57 Å². The number of hydrogen-bond acceptors (Lipinski definition) is 4. The molecular weight excluding hydrogens is 408 g/mol. The quantitative estimate of drug-likeness (QED) is 0.570. The molecule has 0 heterocycles. The van der Waals surface area contributed by atoms with Gasteiger partial charge in [0.05, 0.1) is 5.57 Å². The number of hydrogen-bond donors (Lipinski definition) is 3. The third-order valence-corrected chi connectivity index (χ3v) is 8.81. The lowest BCUT2D eigenvalue weighted by Crippen LogP contribution is -2.51. The summed E-state index contributed by atoms with van der Waals surface area (Å²) in [7, 11) is 0. The number of benzene rings is 1. The predicted molar refractivity (Wildman–Crippen MR) is 136 cm³/mol. The summed E-state index contributed by atoms with van der Waals surface area (Å²) >= 11 is 0. The lowest BCUT2D eigenvalue weighted by Gasteiger charge is -2.46. The SMILES string of the molecule is C=C(N)C1=C(O)C(C)[C@@]2(N)C[C@H](C1=O)C(C)=C1C(=C)c3c(C)c(CC)cc(C)c3C[C@@]1(C)C2. The van der Waals surface area contributed by atoms with Gasteiger partial charge in [-0.2, -0.15) is 0 Å². The third-order valence-electron chi connectivity index (χ3n) is 8.81. The topological polar surface area (TPSA) is 89.3 Å². The average Bonchev–Trinajstić information content (AvgIpc) is 2.85. The Kier molecular flexibility index (Phi) is 5.33. The molecule has 4 heteroatoms. The number of ketones is 1. The van der Waals surface area contributed by atoms with Gasteiger partial charge in [-0.1, -0.05) is 45.6 Å². The van der Waals surface area contributed by atoms with E-state index in [1.165, 1.54) is 27.8 Å². The second kappa shape index (κ2) is 7.46. The van der Waals surface area contributed by atoms with Gasteiger partial charge in [0.15, 0.2) is 5.78 Å². The summed E-state index contributed by atoms with van der Waals surface area (Å²) in [5.74, 6) is -1.07. The maximum absolute atomic E-state index is 13.7. The lowest BCUT2D eigenvalue weighted by atomic mass is 9.59. The van der Waals surface area contributed by atoms with E-state index in [1.807, 2.05) is 13.8 Å². The van der Waals surface area contributed by atoms with Crippen molar-refractivity contribution in [3.8, 4) is 0 Å². The highest BCUT2D eigenvalue weighted by Gasteiger charge is 2.54. The lowest BCUT2D eigenvalue weighted by molar-refractivity contribution is -0.118. The second-order valence-corrected chi connectivity index (χ2v) is 11.0. The van der Waals surface area contributed by atoms with Gasteiger partial charge in [0.1, 0.15) is 5.76 Å². The van der Waals surface area contributed by atoms with Crippen LogP contribution in [0, 0.1) is 31.1 Å². The zero-order chi connectivity index (χ0) is 24.6. The maximum atomic E-state index is 13.7. The minimum absolute atomic E-state index is 0.0213. The van der Waals surface area contributed by atoms with E-state index in [2.05, 4.69) is 46.9 Å². The van der Waals surface area contributed by atoms with Crippen molar-refractivity contribution in [3.05, 3.63) is 75.2 Å². The van der Waals surface area contributed by atoms with Crippen LogP contribution in [0.2, 0.25) is 0 Å².